The lowest BCUT2D eigenvalue weighted by Crippen LogP contribution is -2.37. The van der Waals surface area contributed by atoms with Crippen molar-refractivity contribution < 1.29 is 17.9 Å². The number of nitrogens with one attached hydrogen (secondary N) is 1. The van der Waals surface area contributed by atoms with Crippen LogP contribution in [0, 0.1) is 0 Å². The normalized spacial score (nSPS) is 16.1. The van der Waals surface area contributed by atoms with E-state index in [1.54, 1.807) is 31.2 Å². The van der Waals surface area contributed by atoms with E-state index in [0.29, 0.717) is 17.5 Å². The van der Waals surface area contributed by atoms with Gasteiger partial charge in [-0.15, -0.1) is 0 Å². The maximum Gasteiger partial charge on any atom is 0.260 e. The van der Waals surface area contributed by atoms with Crippen LogP contribution in [-0.4, -0.2) is 39.8 Å². The summed E-state index contributed by atoms with van der Waals surface area (Å²) in [5.41, 5.74) is 0.542. The molecular weight excluding hydrogens is 292 g/mol. The molecule has 0 aliphatic heterocycles. The Kier molecular flexibility index (Phi) is 4.41. The molecule has 1 aliphatic rings. The van der Waals surface area contributed by atoms with Gasteiger partial charge in [0.15, 0.2) is 6.10 Å². The summed E-state index contributed by atoms with van der Waals surface area (Å²) in [7, 11) is -1.80. The standard InChI is InChI=1S/C14H20N2O4S/c1-10(14(17)15-11-4-5-11)20-13-8-6-12(7-9-13)16(2)21(3,18)19/h6-11H,4-5H2,1-3H3,(H,15,17)/t10-/m1/s1. The predicted octanol–water partition coefficient (Wildman–Crippen LogP) is 1.13. The summed E-state index contributed by atoms with van der Waals surface area (Å²) in [6.45, 7) is 1.69. The Bertz CT molecular complexity index is 608. The van der Waals surface area contributed by atoms with E-state index in [4.69, 9.17) is 4.74 Å². The number of hydrogen-bond acceptors (Lipinski definition) is 4. The molecule has 1 aromatic rings. The van der Waals surface area contributed by atoms with Crippen LogP contribution in [0.1, 0.15) is 19.8 Å². The summed E-state index contributed by atoms with van der Waals surface area (Å²) >= 11 is 0. The van der Waals surface area contributed by atoms with E-state index in [9.17, 15) is 13.2 Å². The summed E-state index contributed by atoms with van der Waals surface area (Å²) in [6, 6.07) is 6.88. The molecule has 1 aliphatic carbocycles. The highest BCUT2D eigenvalue weighted by Crippen LogP contribution is 2.22. The highest BCUT2D eigenvalue weighted by molar-refractivity contribution is 7.92. The van der Waals surface area contributed by atoms with Crippen LogP contribution in [0.25, 0.3) is 0 Å². The van der Waals surface area contributed by atoms with Gasteiger partial charge in [-0.05, 0) is 44.0 Å². The predicted molar refractivity (Wildman–Crippen MR) is 80.9 cm³/mol. The first-order valence-corrected chi connectivity index (χ1v) is 8.63. The third kappa shape index (κ3) is 4.35. The number of anilines is 1. The van der Waals surface area contributed by atoms with Gasteiger partial charge < -0.3 is 10.1 Å². The minimum Gasteiger partial charge on any atom is -0.481 e. The largest absolute Gasteiger partial charge is 0.481 e. The van der Waals surface area contributed by atoms with E-state index >= 15 is 0 Å². The van der Waals surface area contributed by atoms with Crippen LogP contribution in [0.15, 0.2) is 24.3 Å². The third-order valence-electron chi connectivity index (χ3n) is 3.30. The van der Waals surface area contributed by atoms with E-state index < -0.39 is 16.1 Å². The van der Waals surface area contributed by atoms with Gasteiger partial charge in [0.1, 0.15) is 5.75 Å². The van der Waals surface area contributed by atoms with Crippen LogP contribution in [0.3, 0.4) is 0 Å². The Morgan fingerprint density at radius 1 is 1.33 bits per heavy atom. The number of sulfonamides is 1. The average Bonchev–Trinajstić information content (AvgIpc) is 3.21. The van der Waals surface area contributed by atoms with Crippen molar-refractivity contribution in [3.63, 3.8) is 0 Å². The first-order valence-electron chi connectivity index (χ1n) is 6.78. The molecule has 0 heterocycles. The molecule has 0 unspecified atom stereocenters. The van der Waals surface area contributed by atoms with Gasteiger partial charge in [0.2, 0.25) is 10.0 Å². The Hall–Kier alpha value is -1.76. The number of nitrogens with zero attached hydrogens (tertiary/aromatic N) is 1. The summed E-state index contributed by atoms with van der Waals surface area (Å²) in [4.78, 5) is 11.8. The number of ether oxygens (including phenoxy) is 1. The van der Waals surface area contributed by atoms with Gasteiger partial charge >= 0.3 is 0 Å². The number of carbonyl (C=O) groups is 1. The van der Waals surface area contributed by atoms with Gasteiger partial charge in [-0.2, -0.15) is 0 Å². The topological polar surface area (TPSA) is 75.7 Å². The Balaban J connectivity index is 1.97. The van der Waals surface area contributed by atoms with Crippen LogP contribution >= 0.6 is 0 Å². The maximum atomic E-state index is 11.8. The zero-order valence-electron chi connectivity index (χ0n) is 12.4. The molecule has 7 heteroatoms. The number of amides is 1. The van der Waals surface area contributed by atoms with Crippen molar-refractivity contribution in [2.45, 2.75) is 31.9 Å². The van der Waals surface area contributed by atoms with Gasteiger partial charge in [-0.1, -0.05) is 0 Å². The molecule has 6 nitrogen and oxygen atoms in total. The first kappa shape index (κ1) is 15.6. The molecule has 1 fully saturated rings. The minimum absolute atomic E-state index is 0.130. The van der Waals surface area contributed by atoms with Gasteiger partial charge in [0.05, 0.1) is 11.9 Å². The summed E-state index contributed by atoms with van der Waals surface area (Å²) in [5, 5.41) is 2.87. The second kappa shape index (κ2) is 5.93. The number of carbonyl (C=O) groups excluding carboxylic acids is 1. The highest BCUT2D eigenvalue weighted by Gasteiger charge is 2.26. The fourth-order valence-corrected chi connectivity index (χ4v) is 2.23. The molecule has 0 bridgehead atoms. The van der Waals surface area contributed by atoms with E-state index in [-0.39, 0.29) is 5.91 Å². The lowest BCUT2D eigenvalue weighted by Gasteiger charge is -2.18. The molecule has 2 rings (SSSR count). The second-order valence-corrected chi connectivity index (χ2v) is 7.28. The van der Waals surface area contributed by atoms with Crippen molar-refractivity contribution in [1.29, 1.82) is 0 Å². The molecule has 1 aromatic carbocycles. The summed E-state index contributed by atoms with van der Waals surface area (Å²) < 4.78 is 29.6. The van der Waals surface area contributed by atoms with Gasteiger partial charge in [0, 0.05) is 13.1 Å². The van der Waals surface area contributed by atoms with Crippen molar-refractivity contribution in [2.75, 3.05) is 17.6 Å². The van der Waals surface area contributed by atoms with Crippen molar-refractivity contribution in [2.24, 2.45) is 0 Å². The van der Waals surface area contributed by atoms with Crippen molar-refractivity contribution in [3.05, 3.63) is 24.3 Å². The smallest absolute Gasteiger partial charge is 0.260 e. The number of hydrogen-bond donors (Lipinski definition) is 1. The Morgan fingerprint density at radius 3 is 2.38 bits per heavy atom. The van der Waals surface area contributed by atoms with Crippen LogP contribution < -0.4 is 14.4 Å². The fourth-order valence-electron chi connectivity index (χ4n) is 1.73. The van der Waals surface area contributed by atoms with Crippen molar-refractivity contribution >= 4 is 21.6 Å². The Morgan fingerprint density at radius 2 is 1.90 bits per heavy atom. The highest BCUT2D eigenvalue weighted by atomic mass is 32.2. The molecule has 0 radical (unpaired) electrons. The van der Waals surface area contributed by atoms with E-state index in [1.807, 2.05) is 0 Å². The third-order valence-corrected chi connectivity index (χ3v) is 4.51. The second-order valence-electron chi connectivity index (χ2n) is 5.27. The molecule has 0 spiro atoms. The molecule has 1 N–H and O–H groups in total. The molecule has 1 atom stereocenters. The zero-order valence-corrected chi connectivity index (χ0v) is 13.2. The van der Waals surface area contributed by atoms with Crippen LogP contribution in [0.2, 0.25) is 0 Å². The molecule has 0 aromatic heterocycles. The van der Waals surface area contributed by atoms with Gasteiger partial charge in [-0.3, -0.25) is 9.10 Å². The van der Waals surface area contributed by atoms with Crippen LogP contribution in [0.5, 0.6) is 5.75 Å². The zero-order chi connectivity index (χ0) is 15.6. The molecule has 116 valence electrons. The van der Waals surface area contributed by atoms with Crippen molar-refractivity contribution in [3.8, 4) is 5.75 Å². The van der Waals surface area contributed by atoms with Crippen LogP contribution in [0.4, 0.5) is 5.69 Å². The molecule has 1 saturated carbocycles. The SMILES string of the molecule is C[C@@H](Oc1ccc(N(C)S(C)(=O)=O)cc1)C(=O)NC1CC1. The lowest BCUT2D eigenvalue weighted by atomic mass is 10.3. The summed E-state index contributed by atoms with van der Waals surface area (Å²) in [6.07, 6.45) is 2.63. The minimum atomic E-state index is -3.28. The summed E-state index contributed by atoms with van der Waals surface area (Å²) in [5.74, 6) is 0.397. The maximum absolute atomic E-state index is 11.8. The monoisotopic (exact) mass is 312 g/mol. The van der Waals surface area contributed by atoms with E-state index in [0.717, 1.165) is 19.1 Å². The first-order chi connectivity index (χ1) is 9.77. The number of rotatable bonds is 6. The number of benzene rings is 1. The Labute approximate surface area is 125 Å². The molecule has 0 saturated heterocycles. The average molecular weight is 312 g/mol. The fraction of sp³-hybridized carbons (Fsp3) is 0.500. The molecular formula is C14H20N2O4S. The quantitative estimate of drug-likeness (QED) is 0.854. The van der Waals surface area contributed by atoms with Gasteiger partial charge in [-0.25, -0.2) is 8.42 Å². The molecule has 1 amide bonds. The van der Waals surface area contributed by atoms with E-state index in [1.165, 1.54) is 11.4 Å². The van der Waals surface area contributed by atoms with Gasteiger partial charge in [0.25, 0.3) is 5.91 Å². The van der Waals surface area contributed by atoms with E-state index in [2.05, 4.69) is 5.32 Å². The van der Waals surface area contributed by atoms with Crippen molar-refractivity contribution in [1.82, 2.24) is 5.32 Å². The lowest BCUT2D eigenvalue weighted by molar-refractivity contribution is -0.127. The molecule has 21 heavy (non-hydrogen) atoms. The van der Waals surface area contributed by atoms with Crippen LogP contribution in [-0.2, 0) is 14.8 Å².